The molecule has 0 saturated carbocycles. The van der Waals surface area contributed by atoms with Crippen LogP contribution in [0, 0.1) is 11.8 Å². The lowest BCUT2D eigenvalue weighted by Gasteiger charge is -2.32. The van der Waals surface area contributed by atoms with Gasteiger partial charge in [-0.2, -0.15) is 0 Å². The third-order valence-electron chi connectivity index (χ3n) is 8.07. The molecule has 2 unspecified atom stereocenters. The van der Waals surface area contributed by atoms with Gasteiger partial charge >= 0.3 is 0 Å². The molecular formula is C26H42O10. The van der Waals surface area contributed by atoms with Crippen LogP contribution in [-0.4, -0.2) is 85.6 Å². The maximum Gasteiger partial charge on any atom is 0.187 e. The van der Waals surface area contributed by atoms with Gasteiger partial charge in [-0.3, -0.25) is 0 Å². The molecule has 0 aromatic rings. The van der Waals surface area contributed by atoms with Crippen molar-refractivity contribution in [1.82, 2.24) is 0 Å². The van der Waals surface area contributed by atoms with E-state index in [0.717, 1.165) is 12.8 Å². The van der Waals surface area contributed by atoms with Gasteiger partial charge in [-0.1, -0.05) is 0 Å². The Bertz CT molecular complexity index is 775. The van der Waals surface area contributed by atoms with E-state index in [1.54, 1.807) is 0 Å². The van der Waals surface area contributed by atoms with Crippen molar-refractivity contribution in [3.63, 3.8) is 0 Å². The highest BCUT2D eigenvalue weighted by molar-refractivity contribution is 5.01. The quantitative estimate of drug-likeness (QED) is 0.545. The van der Waals surface area contributed by atoms with Gasteiger partial charge in [0.05, 0.1) is 25.4 Å². The average Bonchev–Trinajstić information content (AvgIpc) is 3.53. The minimum Gasteiger partial charge on any atom is -0.348 e. The molecule has 6 rings (SSSR count). The summed E-state index contributed by atoms with van der Waals surface area (Å²) in [6, 6.07) is 0. The van der Waals surface area contributed by atoms with E-state index < -0.39 is 35.7 Å². The van der Waals surface area contributed by atoms with E-state index in [0.29, 0.717) is 13.2 Å². The molecule has 0 radical (unpaired) electrons. The lowest BCUT2D eigenvalue weighted by atomic mass is 9.83. The van der Waals surface area contributed by atoms with Crippen molar-refractivity contribution in [1.29, 1.82) is 0 Å². The number of hydrogen-bond donors (Lipinski definition) is 0. The Balaban J connectivity index is 1.21. The van der Waals surface area contributed by atoms with Crippen molar-refractivity contribution < 1.29 is 47.4 Å². The van der Waals surface area contributed by atoms with Crippen LogP contribution in [0.25, 0.3) is 0 Å². The Morgan fingerprint density at radius 3 is 1.19 bits per heavy atom. The molecule has 6 aliphatic rings. The van der Waals surface area contributed by atoms with Crippen LogP contribution < -0.4 is 0 Å². The van der Waals surface area contributed by atoms with Crippen LogP contribution in [-0.2, 0) is 47.4 Å². The van der Waals surface area contributed by atoms with Gasteiger partial charge in [0.25, 0.3) is 0 Å². The fourth-order valence-electron chi connectivity index (χ4n) is 6.71. The zero-order valence-corrected chi connectivity index (χ0v) is 22.7. The fourth-order valence-corrected chi connectivity index (χ4v) is 6.71. The van der Waals surface area contributed by atoms with Crippen molar-refractivity contribution in [3.8, 4) is 0 Å². The van der Waals surface area contributed by atoms with Gasteiger partial charge in [0.15, 0.2) is 35.7 Å². The molecule has 0 spiro atoms. The van der Waals surface area contributed by atoms with Gasteiger partial charge in [-0.25, -0.2) is 0 Å². The second-order valence-electron chi connectivity index (χ2n) is 12.8. The maximum absolute atomic E-state index is 6.42. The summed E-state index contributed by atoms with van der Waals surface area (Å²) >= 11 is 0. The Morgan fingerprint density at radius 2 is 0.861 bits per heavy atom. The first-order chi connectivity index (χ1) is 16.7. The molecule has 10 heteroatoms. The molecule has 206 valence electrons. The molecule has 0 aromatic heterocycles. The largest absolute Gasteiger partial charge is 0.348 e. The fraction of sp³-hybridized carbons (Fsp3) is 1.00. The number of rotatable bonds is 5. The Morgan fingerprint density at radius 1 is 0.472 bits per heavy atom. The summed E-state index contributed by atoms with van der Waals surface area (Å²) in [6.45, 7) is 16.4. The van der Waals surface area contributed by atoms with Crippen molar-refractivity contribution in [2.24, 2.45) is 11.8 Å². The molecule has 36 heavy (non-hydrogen) atoms. The summed E-state index contributed by atoms with van der Waals surface area (Å²) in [5, 5.41) is 0. The zero-order valence-electron chi connectivity index (χ0n) is 22.7. The van der Waals surface area contributed by atoms with Crippen molar-refractivity contribution in [2.45, 2.75) is 141 Å². The standard InChI is InChI=1S/C26H42O10/c1-23(2)27-11-15(31-23)17-13(19-21(29-17)35-25(5,6)33-19)9-10-14-18(16-12-28-24(3,4)32-16)30-22-20(14)34-26(7,8)36-22/h13-22H,9-12H2,1-8H3/t13-,14-,15?,16?,17+,18+,19-,20-,21-,22-/m1/s1. The van der Waals surface area contributed by atoms with Crippen LogP contribution in [0.3, 0.4) is 0 Å². The molecule has 6 fully saturated rings. The van der Waals surface area contributed by atoms with Crippen molar-refractivity contribution >= 4 is 0 Å². The molecule has 0 bridgehead atoms. The molecular weight excluding hydrogens is 472 g/mol. The molecule has 10 nitrogen and oxygen atoms in total. The van der Waals surface area contributed by atoms with Crippen LogP contribution in [0.4, 0.5) is 0 Å². The molecule has 6 heterocycles. The minimum absolute atomic E-state index is 0.0616. The summed E-state index contributed by atoms with van der Waals surface area (Å²) in [5.74, 6) is -2.54. The smallest absolute Gasteiger partial charge is 0.187 e. The number of hydrogen-bond acceptors (Lipinski definition) is 10. The van der Waals surface area contributed by atoms with E-state index in [-0.39, 0.29) is 48.5 Å². The Kier molecular flexibility index (Phi) is 6.14. The average molecular weight is 515 g/mol. The first kappa shape index (κ1) is 25.9. The van der Waals surface area contributed by atoms with Crippen LogP contribution in [0.5, 0.6) is 0 Å². The highest BCUT2D eigenvalue weighted by atomic mass is 16.8. The predicted molar refractivity (Wildman–Crippen MR) is 123 cm³/mol. The van der Waals surface area contributed by atoms with Gasteiger partial charge in [0.1, 0.15) is 24.4 Å². The van der Waals surface area contributed by atoms with Gasteiger partial charge in [0, 0.05) is 11.8 Å². The highest BCUT2D eigenvalue weighted by Crippen LogP contribution is 2.49. The van der Waals surface area contributed by atoms with E-state index in [9.17, 15) is 0 Å². The summed E-state index contributed by atoms with van der Waals surface area (Å²) in [7, 11) is 0. The summed E-state index contributed by atoms with van der Waals surface area (Å²) in [5.41, 5.74) is 0. The molecule has 0 aliphatic carbocycles. The van der Waals surface area contributed by atoms with Crippen molar-refractivity contribution in [3.05, 3.63) is 0 Å². The summed E-state index contributed by atoms with van der Waals surface area (Å²) < 4.78 is 61.9. The lowest BCUT2D eigenvalue weighted by Crippen LogP contribution is -2.41. The minimum atomic E-state index is -0.692. The van der Waals surface area contributed by atoms with E-state index in [4.69, 9.17) is 47.4 Å². The first-order valence-corrected chi connectivity index (χ1v) is 13.4. The monoisotopic (exact) mass is 514 g/mol. The van der Waals surface area contributed by atoms with E-state index >= 15 is 0 Å². The van der Waals surface area contributed by atoms with E-state index in [1.165, 1.54) is 0 Å². The molecule has 0 aromatic carbocycles. The van der Waals surface area contributed by atoms with Crippen molar-refractivity contribution in [2.75, 3.05) is 13.2 Å². The predicted octanol–water partition coefficient (Wildman–Crippen LogP) is 3.05. The van der Waals surface area contributed by atoms with Crippen LogP contribution >= 0.6 is 0 Å². The number of ether oxygens (including phenoxy) is 10. The summed E-state index contributed by atoms with van der Waals surface area (Å²) in [4.78, 5) is 0. The third kappa shape index (κ3) is 4.76. The molecule has 6 aliphatic heterocycles. The Labute approximate surface area is 213 Å². The SMILES string of the molecule is CC1(C)OCC([C@H]2O[C@@H]3OC(C)(C)O[C@@H]3[C@@H]2CC[C@H]2[C@H]3OC(C)(C)O[C@H]3O[C@@H]2C2COC(C)(C)O2)O1. The van der Waals surface area contributed by atoms with Gasteiger partial charge < -0.3 is 47.4 Å². The molecule has 0 N–H and O–H groups in total. The molecule has 6 saturated heterocycles. The normalized spacial score (nSPS) is 50.0. The second-order valence-corrected chi connectivity index (χ2v) is 12.8. The lowest BCUT2D eigenvalue weighted by molar-refractivity contribution is -0.230. The van der Waals surface area contributed by atoms with Gasteiger partial charge in [-0.05, 0) is 68.2 Å². The highest BCUT2D eigenvalue weighted by Gasteiger charge is 2.61. The van der Waals surface area contributed by atoms with E-state index in [2.05, 4.69) is 0 Å². The molecule has 0 amide bonds. The molecule has 10 atom stereocenters. The summed E-state index contributed by atoms with van der Waals surface area (Å²) in [6.07, 6.45) is -0.357. The van der Waals surface area contributed by atoms with Crippen LogP contribution in [0.1, 0.15) is 68.2 Å². The third-order valence-corrected chi connectivity index (χ3v) is 8.07. The zero-order chi connectivity index (χ0) is 25.7. The Hall–Kier alpha value is -0.400. The van der Waals surface area contributed by atoms with Crippen LogP contribution in [0.2, 0.25) is 0 Å². The topological polar surface area (TPSA) is 92.3 Å². The van der Waals surface area contributed by atoms with E-state index in [1.807, 2.05) is 55.4 Å². The second kappa shape index (κ2) is 8.55. The number of fused-ring (bicyclic) bond motifs is 2. The van der Waals surface area contributed by atoms with Crippen LogP contribution in [0.15, 0.2) is 0 Å². The van der Waals surface area contributed by atoms with Gasteiger partial charge in [-0.15, -0.1) is 0 Å². The maximum atomic E-state index is 6.42. The first-order valence-electron chi connectivity index (χ1n) is 13.4. The van der Waals surface area contributed by atoms with Gasteiger partial charge in [0.2, 0.25) is 0 Å².